The molecule has 3 N–H and O–H groups in total. The van der Waals surface area contributed by atoms with Gasteiger partial charge in [0.25, 0.3) is 5.91 Å². The summed E-state index contributed by atoms with van der Waals surface area (Å²) >= 11 is 0. The first kappa shape index (κ1) is 16.5. The Hall–Kier alpha value is -1.55. The Kier molecular flexibility index (Phi) is 6.02. The number of ether oxygens (including phenoxy) is 1. The quantitative estimate of drug-likeness (QED) is 0.784. The summed E-state index contributed by atoms with van der Waals surface area (Å²) in [5, 5.41) is 2.80. The van der Waals surface area contributed by atoms with Crippen LogP contribution < -0.4 is 15.8 Å². The van der Waals surface area contributed by atoms with E-state index < -0.39 is 6.10 Å². The lowest BCUT2D eigenvalue weighted by Crippen LogP contribution is -2.37. The van der Waals surface area contributed by atoms with Crippen molar-refractivity contribution < 1.29 is 9.53 Å². The number of hydrogen-bond acceptors (Lipinski definition) is 3. The molecule has 4 heteroatoms. The third kappa shape index (κ3) is 5.21. The lowest BCUT2D eigenvalue weighted by molar-refractivity contribution is -0.127. The number of amides is 1. The minimum absolute atomic E-state index is 0.113. The van der Waals surface area contributed by atoms with E-state index in [2.05, 4.69) is 26.1 Å². The number of rotatable bonds is 6. The van der Waals surface area contributed by atoms with E-state index in [4.69, 9.17) is 10.5 Å². The molecule has 0 aliphatic heterocycles. The highest BCUT2D eigenvalue weighted by Crippen LogP contribution is 2.24. The van der Waals surface area contributed by atoms with Crippen molar-refractivity contribution in [3.8, 4) is 5.75 Å². The van der Waals surface area contributed by atoms with E-state index in [9.17, 15) is 4.79 Å². The highest BCUT2D eigenvalue weighted by atomic mass is 16.5. The van der Waals surface area contributed by atoms with E-state index in [0.29, 0.717) is 18.8 Å². The molecule has 1 unspecified atom stereocenters. The van der Waals surface area contributed by atoms with Gasteiger partial charge in [-0.15, -0.1) is 0 Å². The van der Waals surface area contributed by atoms with Crippen molar-refractivity contribution in [3.05, 3.63) is 29.8 Å². The molecule has 1 aromatic carbocycles. The Labute approximate surface area is 121 Å². The van der Waals surface area contributed by atoms with Gasteiger partial charge in [-0.1, -0.05) is 32.9 Å². The molecule has 0 spiro atoms. The summed E-state index contributed by atoms with van der Waals surface area (Å²) in [5.41, 5.74) is 6.74. The first-order valence-corrected chi connectivity index (χ1v) is 7.09. The molecule has 0 aliphatic carbocycles. The Morgan fingerprint density at radius 2 is 1.90 bits per heavy atom. The van der Waals surface area contributed by atoms with Gasteiger partial charge in [0.2, 0.25) is 0 Å². The van der Waals surface area contributed by atoms with Crippen LogP contribution in [0.25, 0.3) is 0 Å². The number of benzene rings is 1. The van der Waals surface area contributed by atoms with Crippen LogP contribution in [0.15, 0.2) is 24.3 Å². The molecule has 20 heavy (non-hydrogen) atoms. The van der Waals surface area contributed by atoms with E-state index in [-0.39, 0.29) is 11.3 Å². The lowest BCUT2D eigenvalue weighted by atomic mass is 9.87. The predicted molar refractivity (Wildman–Crippen MR) is 81.9 cm³/mol. The summed E-state index contributed by atoms with van der Waals surface area (Å²) in [6.45, 7) is 9.40. The van der Waals surface area contributed by atoms with Crippen molar-refractivity contribution in [3.63, 3.8) is 0 Å². The molecule has 0 heterocycles. The molecule has 0 fully saturated rings. The monoisotopic (exact) mass is 278 g/mol. The Bertz CT molecular complexity index is 421. The van der Waals surface area contributed by atoms with Gasteiger partial charge in [-0.05, 0) is 43.0 Å². The second kappa shape index (κ2) is 7.29. The molecule has 1 rings (SSSR count). The van der Waals surface area contributed by atoms with E-state index >= 15 is 0 Å². The molecular formula is C16H26N2O2. The zero-order valence-electron chi connectivity index (χ0n) is 12.9. The fraction of sp³-hybridized carbons (Fsp3) is 0.562. The van der Waals surface area contributed by atoms with Crippen molar-refractivity contribution in [1.29, 1.82) is 0 Å². The molecule has 1 amide bonds. The zero-order valence-corrected chi connectivity index (χ0v) is 12.9. The Morgan fingerprint density at radius 3 is 2.40 bits per heavy atom. The summed E-state index contributed by atoms with van der Waals surface area (Å²) in [7, 11) is 0. The van der Waals surface area contributed by atoms with Gasteiger partial charge in [0, 0.05) is 6.54 Å². The number of carbonyl (C=O) groups excluding carboxylic acids is 1. The number of nitrogens with two attached hydrogens (primary N) is 1. The number of carbonyl (C=O) groups is 1. The largest absolute Gasteiger partial charge is 0.481 e. The smallest absolute Gasteiger partial charge is 0.260 e. The average molecular weight is 278 g/mol. The fourth-order valence-electron chi connectivity index (χ4n) is 1.75. The Morgan fingerprint density at radius 1 is 1.30 bits per heavy atom. The fourth-order valence-corrected chi connectivity index (χ4v) is 1.75. The maximum atomic E-state index is 11.8. The second-order valence-electron chi connectivity index (χ2n) is 5.97. The van der Waals surface area contributed by atoms with E-state index in [0.717, 1.165) is 6.42 Å². The summed E-state index contributed by atoms with van der Waals surface area (Å²) in [6.07, 6.45) is 0.270. The summed E-state index contributed by atoms with van der Waals surface area (Å²) in [6, 6.07) is 7.89. The molecule has 0 aliphatic rings. The third-order valence-electron chi connectivity index (χ3n) is 3.08. The first-order valence-electron chi connectivity index (χ1n) is 7.09. The summed E-state index contributed by atoms with van der Waals surface area (Å²) in [5.74, 6) is 0.595. The van der Waals surface area contributed by atoms with Gasteiger partial charge in [0.05, 0.1) is 0 Å². The molecular weight excluding hydrogens is 252 g/mol. The van der Waals surface area contributed by atoms with Crippen LogP contribution in [0.1, 0.15) is 39.7 Å². The van der Waals surface area contributed by atoms with Crippen LogP contribution in [0.4, 0.5) is 0 Å². The summed E-state index contributed by atoms with van der Waals surface area (Å²) < 4.78 is 5.63. The number of hydrogen-bond donors (Lipinski definition) is 2. The average Bonchev–Trinajstić information content (AvgIpc) is 2.38. The first-order chi connectivity index (χ1) is 9.34. The van der Waals surface area contributed by atoms with Gasteiger partial charge < -0.3 is 15.8 Å². The van der Waals surface area contributed by atoms with Crippen LogP contribution >= 0.6 is 0 Å². The molecule has 1 atom stereocenters. The molecule has 112 valence electrons. The van der Waals surface area contributed by atoms with Gasteiger partial charge in [-0.25, -0.2) is 0 Å². The van der Waals surface area contributed by atoms with E-state index in [1.165, 1.54) is 5.56 Å². The van der Waals surface area contributed by atoms with E-state index in [1.807, 2.05) is 24.3 Å². The van der Waals surface area contributed by atoms with Crippen molar-refractivity contribution in [2.45, 2.75) is 45.6 Å². The molecule has 0 aromatic heterocycles. The van der Waals surface area contributed by atoms with Crippen LogP contribution in [0.3, 0.4) is 0 Å². The third-order valence-corrected chi connectivity index (χ3v) is 3.08. The van der Waals surface area contributed by atoms with Gasteiger partial charge in [0.15, 0.2) is 6.10 Å². The van der Waals surface area contributed by atoms with Gasteiger partial charge in [-0.3, -0.25) is 4.79 Å². The SMILES string of the molecule is CC(Oc1ccc(C(C)(C)C)cc1)C(=O)NCCCN. The van der Waals surface area contributed by atoms with Gasteiger partial charge in [-0.2, -0.15) is 0 Å². The molecule has 0 radical (unpaired) electrons. The molecule has 1 aromatic rings. The highest BCUT2D eigenvalue weighted by molar-refractivity contribution is 5.80. The molecule has 0 saturated heterocycles. The zero-order chi connectivity index (χ0) is 15.2. The van der Waals surface area contributed by atoms with Crippen LogP contribution in [0, 0.1) is 0 Å². The van der Waals surface area contributed by atoms with Crippen LogP contribution in [0.2, 0.25) is 0 Å². The second-order valence-corrected chi connectivity index (χ2v) is 5.97. The lowest BCUT2D eigenvalue weighted by Gasteiger charge is -2.20. The highest BCUT2D eigenvalue weighted by Gasteiger charge is 2.16. The standard InChI is InChI=1S/C16H26N2O2/c1-12(15(19)18-11-5-10-17)20-14-8-6-13(7-9-14)16(2,3)4/h6-9,12H,5,10-11,17H2,1-4H3,(H,18,19). The Balaban J connectivity index is 2.53. The maximum Gasteiger partial charge on any atom is 0.260 e. The number of nitrogens with one attached hydrogen (secondary N) is 1. The van der Waals surface area contributed by atoms with Crippen LogP contribution in [0.5, 0.6) is 5.75 Å². The van der Waals surface area contributed by atoms with Crippen molar-refractivity contribution in [2.24, 2.45) is 5.73 Å². The predicted octanol–water partition coefficient (Wildman–Crippen LogP) is 2.22. The van der Waals surface area contributed by atoms with Crippen molar-refractivity contribution in [1.82, 2.24) is 5.32 Å². The minimum atomic E-state index is -0.506. The van der Waals surface area contributed by atoms with Crippen molar-refractivity contribution >= 4 is 5.91 Å². The van der Waals surface area contributed by atoms with Crippen molar-refractivity contribution in [2.75, 3.05) is 13.1 Å². The van der Waals surface area contributed by atoms with E-state index in [1.54, 1.807) is 6.92 Å². The topological polar surface area (TPSA) is 64.3 Å². The molecule has 4 nitrogen and oxygen atoms in total. The molecule has 0 bridgehead atoms. The van der Waals surface area contributed by atoms with Crippen LogP contribution in [-0.2, 0) is 10.2 Å². The van der Waals surface area contributed by atoms with Gasteiger partial charge in [0.1, 0.15) is 5.75 Å². The van der Waals surface area contributed by atoms with Crippen LogP contribution in [-0.4, -0.2) is 25.1 Å². The summed E-state index contributed by atoms with van der Waals surface area (Å²) in [4.78, 5) is 11.8. The molecule has 0 saturated carbocycles. The minimum Gasteiger partial charge on any atom is -0.481 e. The normalized spacial score (nSPS) is 12.8. The van der Waals surface area contributed by atoms with Gasteiger partial charge >= 0.3 is 0 Å². The maximum absolute atomic E-state index is 11.8.